The van der Waals surface area contributed by atoms with Crippen LogP contribution in [0.5, 0.6) is 11.5 Å². The summed E-state index contributed by atoms with van der Waals surface area (Å²) in [7, 11) is 0. The van der Waals surface area contributed by atoms with Gasteiger partial charge in [-0.05, 0) is 67.9 Å². The Balaban J connectivity index is 1.64. The van der Waals surface area contributed by atoms with E-state index >= 15 is 0 Å². The van der Waals surface area contributed by atoms with Crippen molar-refractivity contribution in [2.24, 2.45) is 17.3 Å². The van der Waals surface area contributed by atoms with E-state index in [4.69, 9.17) is 14.2 Å². The fraction of sp³-hybridized carbons (Fsp3) is 0.625. The Hall–Kier alpha value is -2.58. The van der Waals surface area contributed by atoms with Crippen molar-refractivity contribution in [1.29, 1.82) is 0 Å². The molecule has 2 fully saturated rings. The molecule has 0 unspecified atom stereocenters. The van der Waals surface area contributed by atoms with E-state index in [2.05, 4.69) is 0 Å². The lowest BCUT2D eigenvalue weighted by atomic mass is 9.55. The van der Waals surface area contributed by atoms with Crippen LogP contribution in [0.4, 0.5) is 13.2 Å². The minimum absolute atomic E-state index is 0.0598. The maximum Gasteiger partial charge on any atom is 0.490 e. The molecule has 0 saturated heterocycles. The summed E-state index contributed by atoms with van der Waals surface area (Å²) in [6.45, 7) is 4.53. The van der Waals surface area contributed by atoms with E-state index in [0.717, 1.165) is 17.5 Å². The van der Waals surface area contributed by atoms with Gasteiger partial charge in [-0.1, -0.05) is 6.92 Å². The van der Waals surface area contributed by atoms with Crippen molar-refractivity contribution >= 4 is 17.9 Å². The number of ether oxygens (including phenoxy) is 3. The zero-order valence-electron chi connectivity index (χ0n) is 18.8. The highest BCUT2D eigenvalue weighted by molar-refractivity contribution is 5.76. The number of rotatable bonds is 3. The Morgan fingerprint density at radius 2 is 1.70 bits per heavy atom. The van der Waals surface area contributed by atoms with Crippen LogP contribution >= 0.6 is 0 Å². The van der Waals surface area contributed by atoms with E-state index in [9.17, 15) is 27.6 Å². The summed E-state index contributed by atoms with van der Waals surface area (Å²) < 4.78 is 54.1. The van der Waals surface area contributed by atoms with Gasteiger partial charge in [0.15, 0.2) is 0 Å². The second kappa shape index (κ2) is 8.33. The molecule has 1 aromatic rings. The third-order valence-electron chi connectivity index (χ3n) is 7.67. The summed E-state index contributed by atoms with van der Waals surface area (Å²) in [5.41, 5.74) is 1.34. The summed E-state index contributed by atoms with van der Waals surface area (Å²) in [5.74, 6) is -2.08. The van der Waals surface area contributed by atoms with Gasteiger partial charge in [-0.2, -0.15) is 13.2 Å². The minimum atomic E-state index is -5.01. The minimum Gasteiger partial charge on any atom is -0.455 e. The number of esters is 3. The van der Waals surface area contributed by atoms with Crippen LogP contribution in [0.15, 0.2) is 12.1 Å². The van der Waals surface area contributed by atoms with Crippen LogP contribution in [0.1, 0.15) is 69.9 Å². The van der Waals surface area contributed by atoms with Crippen LogP contribution in [-0.2, 0) is 25.5 Å². The van der Waals surface area contributed by atoms with Gasteiger partial charge < -0.3 is 14.2 Å². The van der Waals surface area contributed by atoms with Crippen molar-refractivity contribution in [3.63, 3.8) is 0 Å². The number of alkyl halides is 3. The first-order chi connectivity index (χ1) is 15.4. The molecule has 3 aliphatic carbocycles. The highest BCUT2D eigenvalue weighted by atomic mass is 19.4. The molecule has 0 aromatic heterocycles. The van der Waals surface area contributed by atoms with E-state index in [1.807, 2.05) is 6.92 Å². The lowest BCUT2D eigenvalue weighted by molar-refractivity contribution is -0.211. The number of carbonyl (C=O) groups excluding carboxylic acids is 3. The lowest BCUT2D eigenvalue weighted by Crippen LogP contribution is -2.46. The van der Waals surface area contributed by atoms with E-state index in [-0.39, 0.29) is 17.8 Å². The van der Waals surface area contributed by atoms with Gasteiger partial charge in [-0.3, -0.25) is 9.59 Å². The third-order valence-corrected chi connectivity index (χ3v) is 7.67. The van der Waals surface area contributed by atoms with E-state index < -0.39 is 35.6 Å². The van der Waals surface area contributed by atoms with Crippen LogP contribution < -0.4 is 9.47 Å². The van der Waals surface area contributed by atoms with Gasteiger partial charge >= 0.3 is 24.1 Å². The molecule has 0 amide bonds. The number of hydrogen-bond donors (Lipinski definition) is 0. The summed E-state index contributed by atoms with van der Waals surface area (Å²) >= 11 is 0. The fourth-order valence-corrected chi connectivity index (χ4v) is 6.46. The highest BCUT2D eigenvalue weighted by Gasteiger charge is 2.58. The molecule has 3 aliphatic rings. The quantitative estimate of drug-likeness (QED) is 0.465. The second-order valence-corrected chi connectivity index (χ2v) is 9.61. The SMILES string of the molecule is CC(=O)Oc1cc2c(c(OC(C)=O)c1)[C@H]1CC[C@]3(C)[C@@H](OC(=O)C(F)(F)F)CC[C@H]3[C@@H]1CC2. The molecular weight excluding hydrogens is 441 g/mol. The van der Waals surface area contributed by atoms with Crippen molar-refractivity contribution in [1.82, 2.24) is 0 Å². The van der Waals surface area contributed by atoms with Crippen molar-refractivity contribution in [3.8, 4) is 11.5 Å². The first-order valence-corrected chi connectivity index (χ1v) is 11.2. The van der Waals surface area contributed by atoms with E-state index in [1.54, 1.807) is 12.1 Å². The van der Waals surface area contributed by atoms with Gasteiger partial charge in [-0.15, -0.1) is 0 Å². The van der Waals surface area contributed by atoms with Gasteiger partial charge in [0.2, 0.25) is 0 Å². The van der Waals surface area contributed by atoms with Crippen molar-refractivity contribution in [2.75, 3.05) is 0 Å². The van der Waals surface area contributed by atoms with Crippen LogP contribution in [-0.4, -0.2) is 30.2 Å². The number of fused-ring (bicyclic) bond motifs is 5. The molecule has 5 atom stereocenters. The molecule has 0 radical (unpaired) electrons. The Kier molecular flexibility index (Phi) is 5.95. The maximum atomic E-state index is 12.8. The average molecular weight is 468 g/mol. The van der Waals surface area contributed by atoms with Gasteiger partial charge in [0.05, 0.1) is 0 Å². The summed E-state index contributed by atoms with van der Waals surface area (Å²) in [6.07, 6.45) is -1.95. The Bertz CT molecular complexity index is 987. The number of hydrogen-bond acceptors (Lipinski definition) is 6. The highest BCUT2D eigenvalue weighted by Crippen LogP contribution is 2.62. The molecule has 6 nitrogen and oxygen atoms in total. The largest absolute Gasteiger partial charge is 0.490 e. The first kappa shape index (κ1) is 23.6. The van der Waals surface area contributed by atoms with E-state index in [1.165, 1.54) is 13.8 Å². The molecule has 0 bridgehead atoms. The topological polar surface area (TPSA) is 78.9 Å². The first-order valence-electron chi connectivity index (χ1n) is 11.2. The Morgan fingerprint density at radius 1 is 1.00 bits per heavy atom. The van der Waals surface area contributed by atoms with Crippen LogP contribution in [0.25, 0.3) is 0 Å². The molecule has 0 spiro atoms. The maximum absolute atomic E-state index is 12.8. The lowest BCUT2D eigenvalue weighted by Gasteiger charge is -2.50. The zero-order valence-corrected chi connectivity index (χ0v) is 18.8. The summed E-state index contributed by atoms with van der Waals surface area (Å²) in [6, 6.07) is 3.36. The van der Waals surface area contributed by atoms with Crippen LogP contribution in [0.3, 0.4) is 0 Å². The smallest absolute Gasteiger partial charge is 0.455 e. The van der Waals surface area contributed by atoms with Gasteiger partial charge in [-0.25, -0.2) is 4.79 Å². The van der Waals surface area contributed by atoms with Crippen molar-refractivity contribution < 1.29 is 41.8 Å². The van der Waals surface area contributed by atoms with Crippen molar-refractivity contribution in [2.45, 2.75) is 77.5 Å². The fourth-order valence-electron chi connectivity index (χ4n) is 6.46. The Labute approximate surface area is 189 Å². The number of carbonyl (C=O) groups is 3. The number of benzene rings is 1. The standard InChI is InChI=1S/C24H27F3O6/c1-12(28)31-15-10-14-4-5-16-17(21(14)19(11-15)32-13(2)29)8-9-23(3)18(16)6-7-20(23)33-22(30)24(25,26)27/h10-11,16-18,20H,4-9H2,1-3H3/t16-,17+,18+,20+,23+/m1/s1. The molecule has 0 N–H and O–H groups in total. The molecule has 0 heterocycles. The normalized spacial score (nSPS) is 30.5. The number of aryl methyl sites for hydroxylation is 1. The molecule has 1 aromatic carbocycles. The Morgan fingerprint density at radius 3 is 2.33 bits per heavy atom. The molecule has 180 valence electrons. The van der Waals surface area contributed by atoms with Gasteiger partial charge in [0, 0.05) is 30.9 Å². The van der Waals surface area contributed by atoms with Gasteiger partial charge in [0.25, 0.3) is 0 Å². The molecule has 9 heteroatoms. The van der Waals surface area contributed by atoms with Gasteiger partial charge in [0.1, 0.15) is 17.6 Å². The summed E-state index contributed by atoms with van der Waals surface area (Å²) in [5, 5.41) is 0. The third kappa shape index (κ3) is 4.34. The molecule has 4 rings (SSSR count). The predicted molar refractivity (Wildman–Crippen MR) is 110 cm³/mol. The van der Waals surface area contributed by atoms with E-state index in [0.29, 0.717) is 43.6 Å². The second-order valence-electron chi connectivity index (χ2n) is 9.61. The molecule has 0 aliphatic heterocycles. The van der Waals surface area contributed by atoms with Crippen LogP contribution in [0, 0.1) is 17.3 Å². The molecule has 33 heavy (non-hydrogen) atoms. The zero-order chi connectivity index (χ0) is 24.1. The molecular formula is C24H27F3O6. The average Bonchev–Trinajstić information content (AvgIpc) is 3.02. The predicted octanol–water partition coefficient (Wildman–Crippen LogP) is 4.87. The van der Waals surface area contributed by atoms with Crippen LogP contribution in [0.2, 0.25) is 0 Å². The monoisotopic (exact) mass is 468 g/mol. The molecule has 2 saturated carbocycles. The number of halogens is 3. The summed E-state index contributed by atoms with van der Waals surface area (Å²) in [4.78, 5) is 34.7. The van der Waals surface area contributed by atoms with Crippen molar-refractivity contribution in [3.05, 3.63) is 23.3 Å².